The number of ether oxygens (including phenoxy) is 1. The van der Waals surface area contributed by atoms with Crippen molar-refractivity contribution >= 4 is 76.5 Å². The van der Waals surface area contributed by atoms with E-state index in [9.17, 15) is 0 Å². The first-order valence-corrected chi connectivity index (χ1v) is 26.4. The Morgan fingerprint density at radius 2 is 1.10 bits per heavy atom. The second kappa shape index (κ2) is 19.1. The topological polar surface area (TPSA) is 35.2 Å². The van der Waals surface area contributed by atoms with Crippen molar-refractivity contribution in [2.45, 2.75) is 78.6 Å². The second-order valence-corrected chi connectivity index (χ2v) is 23.4. The molecule has 78 heavy (non-hydrogen) atoms. The number of aromatic nitrogens is 3. The molecule has 388 valence electrons. The fourth-order valence-electron chi connectivity index (χ4n) is 11.2. The summed E-state index contributed by atoms with van der Waals surface area (Å²) in [6.45, 7) is 22.0. The molecule has 6 heteroatoms. The molecular formula is C72H61N4OPt-3. The second-order valence-electron chi connectivity index (χ2n) is 23.4. The molecule has 0 saturated carbocycles. The molecular weight excluding hydrogens is 1130 g/mol. The molecule has 9 aromatic carbocycles. The molecule has 1 aliphatic rings. The molecule has 1 aliphatic heterocycles. The van der Waals surface area contributed by atoms with Crippen LogP contribution in [0.15, 0.2) is 200 Å². The van der Waals surface area contributed by atoms with E-state index in [1.165, 1.54) is 11.1 Å². The minimum Gasteiger partial charge on any atom is -0.509 e. The third-order valence-corrected chi connectivity index (χ3v) is 15.2. The molecule has 3 aromatic heterocycles. The van der Waals surface area contributed by atoms with Crippen LogP contribution in [-0.4, -0.2) is 14.1 Å². The van der Waals surface area contributed by atoms with Gasteiger partial charge in [0, 0.05) is 50.0 Å². The Bertz CT molecular complexity index is 4700. The number of pyridine rings is 1. The summed E-state index contributed by atoms with van der Waals surface area (Å²) >= 11 is 0. The van der Waals surface area contributed by atoms with Crippen molar-refractivity contribution in [3.63, 3.8) is 0 Å². The maximum Gasteiger partial charge on any atom is 0.135 e. The van der Waals surface area contributed by atoms with Gasteiger partial charge in [0.2, 0.25) is 0 Å². The van der Waals surface area contributed by atoms with Gasteiger partial charge in [-0.05, 0) is 141 Å². The van der Waals surface area contributed by atoms with Gasteiger partial charge < -0.3 is 18.8 Å². The molecule has 4 heterocycles. The first-order valence-electron chi connectivity index (χ1n) is 28.9. The number of anilines is 2. The minimum absolute atomic E-state index is 0. The van der Waals surface area contributed by atoms with E-state index in [2.05, 4.69) is 229 Å². The van der Waals surface area contributed by atoms with Gasteiger partial charge in [-0.25, -0.2) is 4.98 Å². The van der Waals surface area contributed by atoms with Crippen LogP contribution in [0.25, 0.3) is 93.2 Å². The molecule has 0 saturated heterocycles. The summed E-state index contributed by atoms with van der Waals surface area (Å²) in [7, 11) is 0. The summed E-state index contributed by atoms with van der Waals surface area (Å²) in [6, 6.07) is 63.1. The molecule has 0 radical (unpaired) electrons. The van der Waals surface area contributed by atoms with Crippen LogP contribution in [0.4, 0.5) is 11.4 Å². The van der Waals surface area contributed by atoms with E-state index in [1.54, 1.807) is 0 Å². The zero-order chi connectivity index (χ0) is 57.3. The number of rotatable bonds is 6. The SMILES string of the molecule is [2H]c1c([2H])c([2H])c(-c2cc(-c3cccc4c5ccccc5c5cc(C(C)(C)C)ccc5c5cccc6c5n(c34)[CH-]N6c3[c-]c(Oc4[c-]c5c(cc4)c4ccccc4n5-c4cc(C(C)(C)C)ccn4)ccc3)cc(C(C)(C)C)c2)c([2H])c1[2H].[Pt]. The molecule has 0 aliphatic carbocycles. The molecule has 0 fully saturated rings. The standard InChI is InChI=1S/C72H61N4O.Pt/c1-70(2,3)49-32-34-58-62-29-19-31-65-69(62)75(68-55(27-18-28-61(68)56-24-13-14-25-57(56)63(58)41-49)48-38-47(46-20-11-10-12-21-46)39-51(40-48)72(7,8)9)45-74(65)52-22-17-23-53(43-52)77-54-33-35-60-59-26-15-16-30-64(59)76(66(60)44-54)67-42-50(36-37-73-67)71(4,5)6;/h10-42,45H,1-9H3;/q-3;/i10D,11D,12D,20D,21D;. The number of hydrogen-bond acceptors (Lipinski definition) is 3. The average molecular weight is 1200 g/mol. The van der Waals surface area contributed by atoms with Crippen LogP contribution in [0.3, 0.4) is 0 Å². The predicted molar refractivity (Wildman–Crippen MR) is 324 cm³/mol. The Kier molecular flexibility index (Phi) is 11.0. The first-order chi connectivity index (χ1) is 39.1. The van der Waals surface area contributed by atoms with Crippen molar-refractivity contribution < 1.29 is 32.7 Å². The maximum atomic E-state index is 9.14. The average Bonchev–Trinajstić information content (AvgIpc) is 2.35. The zero-order valence-electron chi connectivity index (χ0n) is 50.3. The number of fused-ring (bicyclic) bond motifs is 10. The predicted octanol–water partition coefficient (Wildman–Crippen LogP) is 19.5. The Balaban J connectivity index is 0.00000680. The van der Waals surface area contributed by atoms with E-state index < -0.39 is 6.04 Å². The van der Waals surface area contributed by atoms with Crippen LogP contribution in [0.1, 0.15) is 85.9 Å². The molecule has 0 atom stereocenters. The van der Waals surface area contributed by atoms with Crippen molar-refractivity contribution in [2.75, 3.05) is 4.90 Å². The summed E-state index contributed by atoms with van der Waals surface area (Å²) in [5, 5.41) is 8.56. The van der Waals surface area contributed by atoms with Gasteiger partial charge in [0.25, 0.3) is 0 Å². The van der Waals surface area contributed by atoms with Gasteiger partial charge in [0.1, 0.15) is 5.82 Å². The summed E-state index contributed by atoms with van der Waals surface area (Å²) in [4.78, 5) is 7.08. The van der Waals surface area contributed by atoms with Gasteiger partial charge >= 0.3 is 0 Å². The van der Waals surface area contributed by atoms with Gasteiger partial charge in [-0.1, -0.05) is 207 Å². The maximum absolute atomic E-state index is 9.14. The summed E-state index contributed by atoms with van der Waals surface area (Å²) < 4.78 is 55.4. The van der Waals surface area contributed by atoms with Crippen LogP contribution in [-0.2, 0) is 37.3 Å². The van der Waals surface area contributed by atoms with Crippen LogP contribution in [0, 0.1) is 18.8 Å². The van der Waals surface area contributed by atoms with Gasteiger partial charge in [0.15, 0.2) is 0 Å². The molecule has 0 N–H and O–H groups in total. The number of para-hydroxylation sites is 3. The van der Waals surface area contributed by atoms with Gasteiger partial charge in [-0.2, -0.15) is 12.1 Å². The van der Waals surface area contributed by atoms with Crippen molar-refractivity contribution in [1.29, 1.82) is 0 Å². The summed E-state index contributed by atoms with van der Waals surface area (Å²) in [5.74, 6) is 1.87. The van der Waals surface area contributed by atoms with Crippen LogP contribution in [0.2, 0.25) is 0 Å². The summed E-state index contributed by atoms with van der Waals surface area (Å²) in [6.07, 6.45) is 1.88. The molecule has 0 amide bonds. The number of hydrogen-bond donors (Lipinski definition) is 0. The normalized spacial score (nSPS) is 13.6. The molecule has 0 unspecified atom stereocenters. The van der Waals surface area contributed by atoms with E-state index in [0.717, 1.165) is 99.0 Å². The van der Waals surface area contributed by atoms with Gasteiger partial charge in [-0.15, -0.1) is 35.7 Å². The first kappa shape index (κ1) is 45.0. The minimum atomic E-state index is -0.422. The largest absolute Gasteiger partial charge is 0.509 e. The van der Waals surface area contributed by atoms with Crippen molar-refractivity contribution in [3.8, 4) is 39.6 Å². The Morgan fingerprint density at radius 1 is 0.487 bits per heavy atom. The Hall–Kier alpha value is -8.11. The van der Waals surface area contributed by atoms with Crippen molar-refractivity contribution in [1.82, 2.24) is 14.1 Å². The smallest absolute Gasteiger partial charge is 0.135 e. The Morgan fingerprint density at radius 3 is 1.86 bits per heavy atom. The number of benzene rings is 9. The van der Waals surface area contributed by atoms with E-state index in [4.69, 9.17) is 16.6 Å². The quantitative estimate of drug-likeness (QED) is 0.156. The third-order valence-electron chi connectivity index (χ3n) is 15.2. The van der Waals surface area contributed by atoms with Gasteiger partial charge in [-0.3, -0.25) is 0 Å². The number of nitrogens with zero attached hydrogens (tertiary/aromatic N) is 4. The monoisotopic (exact) mass is 1200 g/mol. The van der Waals surface area contributed by atoms with E-state index >= 15 is 0 Å². The van der Waals surface area contributed by atoms with Crippen LogP contribution < -0.4 is 9.64 Å². The van der Waals surface area contributed by atoms with Crippen molar-refractivity contribution in [3.05, 3.63) is 236 Å². The molecule has 0 bridgehead atoms. The van der Waals surface area contributed by atoms with Crippen molar-refractivity contribution in [2.24, 2.45) is 0 Å². The van der Waals surface area contributed by atoms with Crippen LogP contribution >= 0.6 is 0 Å². The van der Waals surface area contributed by atoms with E-state index in [1.807, 2.05) is 36.5 Å². The van der Waals surface area contributed by atoms with Gasteiger partial charge in [0.05, 0.1) is 6.85 Å². The third kappa shape index (κ3) is 8.79. The molecule has 13 rings (SSSR count). The zero-order valence-corrected chi connectivity index (χ0v) is 47.5. The van der Waals surface area contributed by atoms with E-state index in [-0.39, 0.29) is 67.0 Å². The molecule has 0 spiro atoms. The van der Waals surface area contributed by atoms with Crippen LogP contribution in [0.5, 0.6) is 11.5 Å². The fourth-order valence-corrected chi connectivity index (χ4v) is 11.2. The fraction of sp³-hybridized carbons (Fsp3) is 0.167. The molecule has 5 nitrogen and oxygen atoms in total. The molecule has 12 aromatic rings. The Labute approximate surface area is 479 Å². The summed E-state index contributed by atoms with van der Waals surface area (Å²) in [5.41, 5.74) is 10.7. The van der Waals surface area contributed by atoms with E-state index in [0.29, 0.717) is 17.1 Å².